The van der Waals surface area contributed by atoms with Gasteiger partial charge in [-0.1, -0.05) is 48.0 Å². The lowest BCUT2D eigenvalue weighted by Crippen LogP contribution is -2.23. The van der Waals surface area contributed by atoms with Crippen LogP contribution in [0.15, 0.2) is 65.7 Å². The second-order valence-corrected chi connectivity index (χ2v) is 5.58. The minimum atomic E-state index is -0.200. The highest BCUT2D eigenvalue weighted by atomic mass is 35.5. The van der Waals surface area contributed by atoms with Gasteiger partial charge < -0.3 is 5.32 Å². The molecule has 0 fully saturated rings. The van der Waals surface area contributed by atoms with Crippen molar-refractivity contribution >= 4 is 17.4 Å². The maximum Gasteiger partial charge on any atom is 0.297 e. The second-order valence-electron chi connectivity index (χ2n) is 5.17. The number of aromatic nitrogens is 2. The van der Waals surface area contributed by atoms with Crippen LogP contribution in [0.25, 0.3) is 5.69 Å². The fourth-order valence-electron chi connectivity index (χ4n) is 2.36. The van der Waals surface area contributed by atoms with E-state index in [2.05, 4.69) is 10.3 Å². The van der Waals surface area contributed by atoms with Crippen LogP contribution in [0, 0.1) is 6.92 Å². The summed E-state index contributed by atoms with van der Waals surface area (Å²) >= 11 is 6.15. The molecule has 2 aromatic carbocycles. The zero-order valence-corrected chi connectivity index (χ0v) is 13.4. The van der Waals surface area contributed by atoms with Crippen molar-refractivity contribution in [3.8, 4) is 5.69 Å². The Kier molecular flexibility index (Phi) is 4.44. The van der Waals surface area contributed by atoms with Gasteiger partial charge >= 0.3 is 0 Å². The molecule has 0 bridgehead atoms. The van der Waals surface area contributed by atoms with Crippen molar-refractivity contribution in [2.75, 3.05) is 5.32 Å². The Morgan fingerprint density at radius 1 is 1.13 bits per heavy atom. The lowest BCUT2D eigenvalue weighted by Gasteiger charge is -2.12. The van der Waals surface area contributed by atoms with Gasteiger partial charge in [0.1, 0.15) is 0 Å². The van der Waals surface area contributed by atoms with Crippen molar-refractivity contribution in [2.24, 2.45) is 0 Å². The predicted octanol–water partition coefficient (Wildman–Crippen LogP) is 3.81. The minimum absolute atomic E-state index is 0.200. The van der Waals surface area contributed by atoms with E-state index in [-0.39, 0.29) is 5.56 Å². The molecular formula is C18H16ClN3O. The molecule has 1 heterocycles. The van der Waals surface area contributed by atoms with Crippen molar-refractivity contribution in [1.82, 2.24) is 9.55 Å². The summed E-state index contributed by atoms with van der Waals surface area (Å²) in [5.74, 6) is 0.315. The fourth-order valence-corrected chi connectivity index (χ4v) is 2.53. The van der Waals surface area contributed by atoms with Crippen molar-refractivity contribution in [3.05, 3.63) is 87.4 Å². The summed E-state index contributed by atoms with van der Waals surface area (Å²) in [6, 6.07) is 15.4. The largest absolute Gasteiger partial charge is 0.361 e. The van der Waals surface area contributed by atoms with E-state index in [9.17, 15) is 4.79 Å². The van der Waals surface area contributed by atoms with Crippen LogP contribution in [0.1, 0.15) is 11.1 Å². The van der Waals surface area contributed by atoms with Crippen LogP contribution in [0.4, 0.5) is 5.82 Å². The first-order valence-electron chi connectivity index (χ1n) is 7.28. The quantitative estimate of drug-likeness (QED) is 0.793. The summed E-state index contributed by atoms with van der Waals surface area (Å²) in [4.78, 5) is 16.8. The van der Waals surface area contributed by atoms with Gasteiger partial charge in [-0.2, -0.15) is 0 Å². The van der Waals surface area contributed by atoms with E-state index in [0.29, 0.717) is 17.4 Å². The summed E-state index contributed by atoms with van der Waals surface area (Å²) in [6.45, 7) is 2.43. The molecule has 5 heteroatoms. The van der Waals surface area contributed by atoms with Crippen molar-refractivity contribution < 1.29 is 0 Å². The predicted molar refractivity (Wildman–Crippen MR) is 93.3 cm³/mol. The number of hydrogen-bond acceptors (Lipinski definition) is 3. The molecule has 0 aliphatic heterocycles. The molecule has 23 heavy (non-hydrogen) atoms. The van der Waals surface area contributed by atoms with Crippen molar-refractivity contribution in [2.45, 2.75) is 13.5 Å². The molecule has 0 amide bonds. The first-order chi connectivity index (χ1) is 11.2. The number of nitrogens with zero attached hydrogens (tertiary/aromatic N) is 2. The first-order valence-corrected chi connectivity index (χ1v) is 7.65. The average molecular weight is 326 g/mol. The lowest BCUT2D eigenvalue weighted by atomic mass is 10.2. The molecule has 0 atom stereocenters. The molecule has 1 N–H and O–H groups in total. The topological polar surface area (TPSA) is 46.9 Å². The van der Waals surface area contributed by atoms with Gasteiger partial charge in [0, 0.05) is 24.0 Å². The number of anilines is 1. The van der Waals surface area contributed by atoms with Crippen LogP contribution in [0.2, 0.25) is 5.02 Å². The van der Waals surface area contributed by atoms with E-state index in [4.69, 9.17) is 11.6 Å². The Bertz CT molecular complexity index is 875. The highest BCUT2D eigenvalue weighted by Crippen LogP contribution is 2.21. The van der Waals surface area contributed by atoms with Gasteiger partial charge in [0.05, 0.1) is 5.69 Å². The standard InChI is InChI=1S/C18H16ClN3O/c1-13-15(19)8-5-9-16(13)22-11-10-20-17(18(22)23)21-12-14-6-3-2-4-7-14/h2-11H,12H2,1H3,(H,20,21). The Morgan fingerprint density at radius 2 is 1.91 bits per heavy atom. The molecule has 0 spiro atoms. The van der Waals surface area contributed by atoms with Gasteiger partial charge in [0.2, 0.25) is 0 Å². The van der Waals surface area contributed by atoms with Gasteiger partial charge in [-0.15, -0.1) is 0 Å². The molecule has 1 aromatic heterocycles. The molecule has 0 aliphatic carbocycles. The Labute approximate surface area is 139 Å². The zero-order chi connectivity index (χ0) is 16.2. The lowest BCUT2D eigenvalue weighted by molar-refractivity contribution is 0.936. The van der Waals surface area contributed by atoms with Gasteiger partial charge in [0.25, 0.3) is 5.56 Å². The minimum Gasteiger partial charge on any atom is -0.361 e. The summed E-state index contributed by atoms with van der Waals surface area (Å²) in [7, 11) is 0. The van der Waals surface area contributed by atoms with E-state index in [0.717, 1.165) is 16.8 Å². The van der Waals surface area contributed by atoms with Gasteiger partial charge in [-0.3, -0.25) is 9.36 Å². The highest BCUT2D eigenvalue weighted by Gasteiger charge is 2.09. The maximum atomic E-state index is 12.6. The van der Waals surface area contributed by atoms with Gasteiger partial charge in [0.15, 0.2) is 5.82 Å². The molecule has 0 radical (unpaired) electrons. The first kappa shape index (κ1) is 15.3. The van der Waals surface area contributed by atoms with Crippen LogP contribution in [-0.2, 0) is 6.54 Å². The van der Waals surface area contributed by atoms with Crippen LogP contribution in [0.3, 0.4) is 0 Å². The fraction of sp³-hybridized carbons (Fsp3) is 0.111. The number of benzene rings is 2. The average Bonchev–Trinajstić information content (AvgIpc) is 2.58. The molecule has 0 aliphatic rings. The Morgan fingerprint density at radius 3 is 2.70 bits per heavy atom. The molecule has 0 saturated heterocycles. The van der Waals surface area contributed by atoms with Crippen LogP contribution in [-0.4, -0.2) is 9.55 Å². The summed E-state index contributed by atoms with van der Waals surface area (Å²) in [6.07, 6.45) is 3.25. The van der Waals surface area contributed by atoms with E-state index < -0.39 is 0 Å². The second kappa shape index (κ2) is 6.67. The van der Waals surface area contributed by atoms with E-state index in [1.54, 1.807) is 23.0 Å². The van der Waals surface area contributed by atoms with Crippen molar-refractivity contribution in [3.63, 3.8) is 0 Å². The molecule has 116 valence electrons. The van der Waals surface area contributed by atoms with Crippen molar-refractivity contribution in [1.29, 1.82) is 0 Å². The summed E-state index contributed by atoms with van der Waals surface area (Å²) in [5.41, 5.74) is 2.50. The number of hydrogen-bond donors (Lipinski definition) is 1. The maximum absolute atomic E-state index is 12.6. The van der Waals surface area contributed by atoms with Crippen LogP contribution < -0.4 is 10.9 Å². The molecule has 4 nitrogen and oxygen atoms in total. The van der Waals surface area contributed by atoms with Crippen LogP contribution in [0.5, 0.6) is 0 Å². The van der Waals surface area contributed by atoms with E-state index in [1.165, 1.54) is 0 Å². The zero-order valence-electron chi connectivity index (χ0n) is 12.7. The third-order valence-corrected chi connectivity index (χ3v) is 4.05. The molecular weight excluding hydrogens is 310 g/mol. The van der Waals surface area contributed by atoms with Gasteiger partial charge in [-0.05, 0) is 30.2 Å². The third-order valence-electron chi connectivity index (χ3n) is 3.64. The molecule has 3 rings (SSSR count). The van der Waals surface area contributed by atoms with E-state index >= 15 is 0 Å². The summed E-state index contributed by atoms with van der Waals surface area (Å²) in [5, 5.41) is 3.73. The number of nitrogens with one attached hydrogen (secondary N) is 1. The SMILES string of the molecule is Cc1c(Cl)cccc1-n1ccnc(NCc2ccccc2)c1=O. The third kappa shape index (κ3) is 3.27. The Hall–Kier alpha value is -2.59. The normalized spacial score (nSPS) is 10.5. The Balaban J connectivity index is 1.93. The number of rotatable bonds is 4. The monoisotopic (exact) mass is 325 g/mol. The molecule has 3 aromatic rings. The molecule has 0 saturated carbocycles. The summed E-state index contributed by atoms with van der Waals surface area (Å²) < 4.78 is 1.56. The smallest absolute Gasteiger partial charge is 0.297 e. The van der Waals surface area contributed by atoms with E-state index in [1.807, 2.05) is 49.4 Å². The van der Waals surface area contributed by atoms with Crippen LogP contribution >= 0.6 is 11.6 Å². The number of halogens is 1. The highest BCUT2D eigenvalue weighted by molar-refractivity contribution is 6.31. The molecule has 0 unspecified atom stereocenters. The van der Waals surface area contributed by atoms with Gasteiger partial charge in [-0.25, -0.2) is 4.98 Å².